The van der Waals surface area contributed by atoms with Crippen LogP contribution < -0.4 is 5.32 Å². The van der Waals surface area contributed by atoms with Gasteiger partial charge in [0.2, 0.25) is 0 Å². The van der Waals surface area contributed by atoms with Gasteiger partial charge in [-0.15, -0.1) is 0 Å². The van der Waals surface area contributed by atoms with E-state index in [4.69, 9.17) is 4.74 Å². The van der Waals surface area contributed by atoms with E-state index < -0.39 is 29.6 Å². The molecule has 3 aromatic rings. The van der Waals surface area contributed by atoms with Crippen molar-refractivity contribution in [2.24, 2.45) is 0 Å². The number of hydrogen-bond donors (Lipinski definition) is 2. The van der Waals surface area contributed by atoms with E-state index in [-0.39, 0.29) is 17.0 Å². The highest BCUT2D eigenvalue weighted by Gasteiger charge is 2.22. The molecule has 0 radical (unpaired) electrons. The van der Waals surface area contributed by atoms with E-state index in [1.165, 1.54) is 13.0 Å². The van der Waals surface area contributed by atoms with Gasteiger partial charge in [-0.05, 0) is 30.5 Å². The topological polar surface area (TPSA) is 75.6 Å². The van der Waals surface area contributed by atoms with Crippen LogP contribution in [0.5, 0.6) is 5.75 Å². The Hall–Kier alpha value is -3.48. The number of anilines is 1. The summed E-state index contributed by atoms with van der Waals surface area (Å²) in [6.45, 7) is 1.30. The fourth-order valence-electron chi connectivity index (χ4n) is 2.52. The second-order valence-electron chi connectivity index (χ2n) is 5.84. The number of rotatable bonds is 4. The number of amides is 1. The molecule has 1 atom stereocenters. The molecule has 1 amide bonds. The van der Waals surface area contributed by atoms with Crippen LogP contribution in [-0.4, -0.2) is 23.1 Å². The molecule has 0 saturated heterocycles. The number of nitrogens with one attached hydrogen (secondary N) is 1. The summed E-state index contributed by atoms with van der Waals surface area (Å²) in [4.78, 5) is 24.4. The van der Waals surface area contributed by atoms with Crippen molar-refractivity contribution in [2.45, 2.75) is 13.0 Å². The van der Waals surface area contributed by atoms with Crippen LogP contribution in [0.2, 0.25) is 0 Å². The van der Waals surface area contributed by atoms with Crippen LogP contribution in [-0.2, 0) is 9.53 Å². The van der Waals surface area contributed by atoms with Crippen molar-refractivity contribution in [1.29, 1.82) is 0 Å². The van der Waals surface area contributed by atoms with Gasteiger partial charge in [-0.2, -0.15) is 0 Å². The predicted octanol–water partition coefficient (Wildman–Crippen LogP) is 4.01. The number of carbonyl (C=O) groups excluding carboxylic acids is 2. The molecule has 0 spiro atoms. The summed E-state index contributed by atoms with van der Waals surface area (Å²) in [6.07, 6.45) is -1.27. The predicted molar refractivity (Wildman–Crippen MR) is 95.5 cm³/mol. The molecule has 3 rings (SSSR count). The van der Waals surface area contributed by atoms with E-state index >= 15 is 0 Å². The highest BCUT2D eigenvalue weighted by Crippen LogP contribution is 2.29. The lowest BCUT2D eigenvalue weighted by Crippen LogP contribution is -2.30. The van der Waals surface area contributed by atoms with Crippen LogP contribution in [0.25, 0.3) is 10.8 Å². The Balaban J connectivity index is 1.73. The van der Waals surface area contributed by atoms with Gasteiger partial charge in [0.25, 0.3) is 5.91 Å². The maximum absolute atomic E-state index is 13.6. The monoisotopic (exact) mass is 371 g/mol. The minimum atomic E-state index is -1.27. The molecule has 0 heterocycles. The van der Waals surface area contributed by atoms with E-state index in [0.29, 0.717) is 11.5 Å². The number of esters is 1. The molecule has 0 unspecified atom stereocenters. The third-order valence-electron chi connectivity index (χ3n) is 3.96. The van der Waals surface area contributed by atoms with Crippen molar-refractivity contribution in [3.05, 3.63) is 71.8 Å². The summed E-state index contributed by atoms with van der Waals surface area (Å²) >= 11 is 0. The molecular weight excluding hydrogens is 356 g/mol. The number of ether oxygens (including phenoxy) is 1. The van der Waals surface area contributed by atoms with Gasteiger partial charge >= 0.3 is 5.97 Å². The highest BCUT2D eigenvalue weighted by molar-refractivity contribution is 6.02. The second kappa shape index (κ2) is 7.41. The fourth-order valence-corrected chi connectivity index (χ4v) is 2.52. The first-order valence-corrected chi connectivity index (χ1v) is 8.04. The SMILES string of the molecule is C[C@@H](OC(=O)c1ccc2ccccc2c1O)C(=O)Nc1ccc(F)cc1F. The lowest BCUT2D eigenvalue weighted by molar-refractivity contribution is -0.123. The van der Waals surface area contributed by atoms with Crippen molar-refractivity contribution in [1.82, 2.24) is 0 Å². The van der Waals surface area contributed by atoms with Gasteiger partial charge in [0.1, 0.15) is 22.9 Å². The number of phenols is 1. The lowest BCUT2D eigenvalue weighted by Gasteiger charge is -2.15. The zero-order valence-corrected chi connectivity index (χ0v) is 14.2. The molecular formula is C20H15F2NO4. The van der Waals surface area contributed by atoms with E-state index in [1.54, 1.807) is 30.3 Å². The van der Waals surface area contributed by atoms with E-state index in [1.807, 2.05) is 0 Å². The number of hydrogen-bond acceptors (Lipinski definition) is 4. The lowest BCUT2D eigenvalue weighted by atomic mass is 10.1. The molecule has 0 fully saturated rings. The first-order valence-electron chi connectivity index (χ1n) is 8.04. The standard InChI is InChI=1S/C20H15F2NO4/c1-11(19(25)23-17-9-7-13(21)10-16(17)22)27-20(26)15-8-6-12-4-2-3-5-14(12)18(15)24/h2-11,24H,1H3,(H,23,25)/t11-/m1/s1. The summed E-state index contributed by atoms with van der Waals surface area (Å²) in [6, 6.07) is 12.6. The average molecular weight is 371 g/mol. The molecule has 0 aliphatic rings. The van der Waals surface area contributed by atoms with Crippen molar-refractivity contribution < 1.29 is 28.2 Å². The Kier molecular flexibility index (Phi) is 5.03. The number of phenolic OH excluding ortho intramolecular Hbond substituents is 1. The number of halogens is 2. The maximum Gasteiger partial charge on any atom is 0.342 e. The first-order chi connectivity index (χ1) is 12.9. The summed E-state index contributed by atoms with van der Waals surface area (Å²) in [7, 11) is 0. The van der Waals surface area contributed by atoms with Crippen LogP contribution in [0.4, 0.5) is 14.5 Å². The Morgan fingerprint density at radius 1 is 1.07 bits per heavy atom. The van der Waals surface area contributed by atoms with Gasteiger partial charge < -0.3 is 15.2 Å². The third kappa shape index (κ3) is 3.87. The molecule has 27 heavy (non-hydrogen) atoms. The van der Waals surface area contributed by atoms with Gasteiger partial charge in [-0.1, -0.05) is 30.3 Å². The van der Waals surface area contributed by atoms with Crippen LogP contribution in [0.1, 0.15) is 17.3 Å². The number of fused-ring (bicyclic) bond motifs is 1. The molecule has 0 aromatic heterocycles. The van der Waals surface area contributed by atoms with Crippen LogP contribution in [0, 0.1) is 11.6 Å². The van der Waals surface area contributed by atoms with E-state index in [2.05, 4.69) is 5.32 Å². The number of carbonyl (C=O) groups is 2. The maximum atomic E-state index is 13.6. The van der Waals surface area contributed by atoms with Crippen molar-refractivity contribution in [2.75, 3.05) is 5.32 Å². The molecule has 138 valence electrons. The van der Waals surface area contributed by atoms with Gasteiger partial charge in [0.15, 0.2) is 6.10 Å². The molecule has 0 bridgehead atoms. The van der Waals surface area contributed by atoms with Crippen molar-refractivity contribution in [3.63, 3.8) is 0 Å². The van der Waals surface area contributed by atoms with Crippen molar-refractivity contribution in [3.8, 4) is 5.75 Å². The molecule has 0 aliphatic heterocycles. The Morgan fingerprint density at radius 2 is 1.81 bits per heavy atom. The quantitative estimate of drug-likeness (QED) is 0.680. The van der Waals surface area contributed by atoms with E-state index in [0.717, 1.165) is 17.5 Å². The zero-order valence-electron chi connectivity index (χ0n) is 14.2. The minimum absolute atomic E-state index is 0.0960. The van der Waals surface area contributed by atoms with Crippen molar-refractivity contribution >= 4 is 28.3 Å². The molecule has 2 N–H and O–H groups in total. The second-order valence-corrected chi connectivity index (χ2v) is 5.84. The van der Waals surface area contributed by atoms with Gasteiger partial charge in [0, 0.05) is 11.5 Å². The molecule has 0 aliphatic carbocycles. The zero-order chi connectivity index (χ0) is 19.6. The number of aromatic hydroxyl groups is 1. The van der Waals surface area contributed by atoms with E-state index in [9.17, 15) is 23.5 Å². The first kappa shape index (κ1) is 18.3. The van der Waals surface area contributed by atoms with Gasteiger partial charge in [0.05, 0.1) is 5.69 Å². The Bertz CT molecular complexity index is 1040. The number of benzene rings is 3. The average Bonchev–Trinajstić information content (AvgIpc) is 2.64. The van der Waals surface area contributed by atoms with Crippen LogP contribution in [0.3, 0.4) is 0 Å². The van der Waals surface area contributed by atoms with Gasteiger partial charge in [-0.25, -0.2) is 13.6 Å². The fraction of sp³-hybridized carbons (Fsp3) is 0.100. The summed E-state index contributed by atoms with van der Waals surface area (Å²) in [5.41, 5.74) is -0.334. The molecule has 0 saturated carbocycles. The van der Waals surface area contributed by atoms with Crippen LogP contribution >= 0.6 is 0 Å². The third-order valence-corrected chi connectivity index (χ3v) is 3.96. The Labute approximate surface area is 153 Å². The molecule has 3 aromatic carbocycles. The summed E-state index contributed by atoms with van der Waals surface area (Å²) in [5, 5.41) is 13.7. The van der Waals surface area contributed by atoms with Gasteiger partial charge in [-0.3, -0.25) is 4.79 Å². The molecule has 5 nitrogen and oxygen atoms in total. The highest BCUT2D eigenvalue weighted by atomic mass is 19.1. The smallest absolute Gasteiger partial charge is 0.342 e. The summed E-state index contributed by atoms with van der Waals surface area (Å²) < 4.78 is 31.6. The Morgan fingerprint density at radius 3 is 2.56 bits per heavy atom. The minimum Gasteiger partial charge on any atom is -0.506 e. The largest absolute Gasteiger partial charge is 0.506 e. The van der Waals surface area contributed by atoms with Crippen LogP contribution in [0.15, 0.2) is 54.6 Å². The summed E-state index contributed by atoms with van der Waals surface area (Å²) in [5.74, 6) is -3.68. The normalized spacial score (nSPS) is 11.8. The molecule has 7 heteroatoms.